The summed E-state index contributed by atoms with van der Waals surface area (Å²) in [5.41, 5.74) is 2.04. The zero-order valence-electron chi connectivity index (χ0n) is 10.2. The summed E-state index contributed by atoms with van der Waals surface area (Å²) < 4.78 is 13.8. The molecular formula is C14H11BrFN3. The quantitative estimate of drug-likeness (QED) is 0.936. The van der Waals surface area contributed by atoms with Crippen LogP contribution in [0.2, 0.25) is 0 Å². The van der Waals surface area contributed by atoms with Gasteiger partial charge in [-0.25, -0.2) is 9.37 Å². The highest BCUT2D eigenvalue weighted by molar-refractivity contribution is 9.10. The van der Waals surface area contributed by atoms with Gasteiger partial charge >= 0.3 is 0 Å². The molecule has 0 unspecified atom stereocenters. The fraction of sp³-hybridized carbons (Fsp3) is 0.143. The smallest absolute Gasteiger partial charge is 0.145 e. The predicted octanol–water partition coefficient (Wildman–Crippen LogP) is 3.78. The number of halogens is 2. The molecule has 96 valence electrons. The van der Waals surface area contributed by atoms with Crippen molar-refractivity contribution in [2.24, 2.45) is 0 Å². The molecule has 5 heteroatoms. The van der Waals surface area contributed by atoms with Crippen molar-refractivity contribution in [1.82, 2.24) is 4.98 Å². The Balaban J connectivity index is 2.10. The molecule has 2 aromatic rings. The summed E-state index contributed by atoms with van der Waals surface area (Å²) in [7, 11) is 0. The molecule has 1 N–H and O–H groups in total. The van der Waals surface area contributed by atoms with Gasteiger partial charge in [0.2, 0.25) is 0 Å². The van der Waals surface area contributed by atoms with E-state index in [0.717, 1.165) is 11.1 Å². The first-order chi connectivity index (χ1) is 9.10. The maximum Gasteiger partial charge on any atom is 0.145 e. The third-order valence-electron chi connectivity index (χ3n) is 2.66. The van der Waals surface area contributed by atoms with E-state index in [2.05, 4.69) is 26.2 Å². The van der Waals surface area contributed by atoms with E-state index in [-0.39, 0.29) is 5.82 Å². The van der Waals surface area contributed by atoms with Crippen LogP contribution in [0.15, 0.2) is 34.8 Å². The third kappa shape index (κ3) is 3.30. The number of benzene rings is 1. The van der Waals surface area contributed by atoms with Crippen molar-refractivity contribution in [3.63, 3.8) is 0 Å². The first kappa shape index (κ1) is 13.5. The number of anilines is 1. The highest BCUT2D eigenvalue weighted by Gasteiger charge is 2.03. The molecule has 0 aliphatic carbocycles. The van der Waals surface area contributed by atoms with Gasteiger partial charge in [0.1, 0.15) is 23.4 Å². The average molecular weight is 320 g/mol. The first-order valence-electron chi connectivity index (χ1n) is 5.65. The fourth-order valence-corrected chi connectivity index (χ4v) is 1.83. The maximum atomic E-state index is 13.3. The lowest BCUT2D eigenvalue weighted by atomic mass is 10.2. The van der Waals surface area contributed by atoms with Crippen LogP contribution in [0.5, 0.6) is 0 Å². The minimum atomic E-state index is -0.297. The van der Waals surface area contributed by atoms with E-state index in [4.69, 9.17) is 5.26 Å². The van der Waals surface area contributed by atoms with Crippen LogP contribution in [-0.4, -0.2) is 4.98 Å². The van der Waals surface area contributed by atoms with E-state index in [1.54, 1.807) is 12.1 Å². The Labute approximate surface area is 119 Å². The number of aryl methyl sites for hydroxylation is 1. The molecule has 1 aromatic carbocycles. The summed E-state index contributed by atoms with van der Waals surface area (Å²) in [4.78, 5) is 4.17. The Bertz CT molecular complexity index is 650. The molecule has 0 saturated carbocycles. The van der Waals surface area contributed by atoms with E-state index in [0.29, 0.717) is 22.5 Å². The van der Waals surface area contributed by atoms with Crippen molar-refractivity contribution in [1.29, 1.82) is 5.26 Å². The molecule has 2 rings (SSSR count). The van der Waals surface area contributed by atoms with Crippen molar-refractivity contribution in [3.8, 4) is 6.07 Å². The highest BCUT2D eigenvalue weighted by Crippen LogP contribution is 2.17. The van der Waals surface area contributed by atoms with E-state index < -0.39 is 0 Å². The van der Waals surface area contributed by atoms with Crippen LogP contribution in [0.3, 0.4) is 0 Å². The van der Waals surface area contributed by atoms with Crippen LogP contribution < -0.4 is 5.32 Å². The summed E-state index contributed by atoms with van der Waals surface area (Å²) in [6.45, 7) is 2.28. The van der Waals surface area contributed by atoms with Gasteiger partial charge in [0.15, 0.2) is 0 Å². The minimum absolute atomic E-state index is 0.297. The molecule has 0 bridgehead atoms. The number of rotatable bonds is 3. The van der Waals surface area contributed by atoms with Gasteiger partial charge in [-0.2, -0.15) is 5.26 Å². The molecule has 0 aliphatic rings. The molecule has 0 aliphatic heterocycles. The molecule has 0 saturated heterocycles. The van der Waals surface area contributed by atoms with Gasteiger partial charge in [-0.1, -0.05) is 12.1 Å². The van der Waals surface area contributed by atoms with Crippen molar-refractivity contribution in [2.45, 2.75) is 13.5 Å². The van der Waals surface area contributed by atoms with Crippen LogP contribution in [0.4, 0.5) is 10.2 Å². The predicted molar refractivity (Wildman–Crippen MR) is 75.1 cm³/mol. The lowest BCUT2D eigenvalue weighted by molar-refractivity contribution is 0.619. The lowest BCUT2D eigenvalue weighted by Crippen LogP contribution is -2.03. The summed E-state index contributed by atoms with van der Waals surface area (Å²) in [6.07, 6.45) is 0. The Morgan fingerprint density at radius 2 is 2.16 bits per heavy atom. The average Bonchev–Trinajstić information content (AvgIpc) is 2.41. The SMILES string of the molecule is Cc1ccc(NCc2ccc(Br)c(F)c2)nc1C#N. The van der Waals surface area contributed by atoms with Crippen LogP contribution in [-0.2, 0) is 6.54 Å². The van der Waals surface area contributed by atoms with Crippen molar-refractivity contribution in [2.75, 3.05) is 5.32 Å². The molecule has 0 spiro atoms. The Morgan fingerprint density at radius 3 is 2.84 bits per heavy atom. The molecule has 1 heterocycles. The van der Waals surface area contributed by atoms with Gasteiger partial charge in [-0.3, -0.25) is 0 Å². The Hall–Kier alpha value is -1.93. The Kier molecular flexibility index (Phi) is 4.13. The van der Waals surface area contributed by atoms with Crippen LogP contribution in [0.25, 0.3) is 0 Å². The summed E-state index contributed by atoms with van der Waals surface area (Å²) in [5, 5.41) is 12.0. The molecule has 0 amide bonds. The van der Waals surface area contributed by atoms with Crippen LogP contribution in [0, 0.1) is 24.1 Å². The topological polar surface area (TPSA) is 48.7 Å². The van der Waals surface area contributed by atoms with Gasteiger partial charge in [-0.05, 0) is 52.2 Å². The monoisotopic (exact) mass is 319 g/mol. The van der Waals surface area contributed by atoms with Gasteiger partial charge in [0.05, 0.1) is 4.47 Å². The number of hydrogen-bond donors (Lipinski definition) is 1. The number of nitriles is 1. The highest BCUT2D eigenvalue weighted by atomic mass is 79.9. The second-order valence-electron chi connectivity index (χ2n) is 4.08. The van der Waals surface area contributed by atoms with E-state index in [9.17, 15) is 4.39 Å². The molecule has 3 nitrogen and oxygen atoms in total. The lowest BCUT2D eigenvalue weighted by Gasteiger charge is -2.07. The second-order valence-corrected chi connectivity index (χ2v) is 4.93. The van der Waals surface area contributed by atoms with Gasteiger partial charge in [0.25, 0.3) is 0 Å². The zero-order chi connectivity index (χ0) is 13.8. The fourth-order valence-electron chi connectivity index (χ4n) is 1.58. The summed E-state index contributed by atoms with van der Waals surface area (Å²) in [6, 6.07) is 10.6. The van der Waals surface area contributed by atoms with Gasteiger partial charge < -0.3 is 5.32 Å². The largest absolute Gasteiger partial charge is 0.366 e. The van der Waals surface area contributed by atoms with E-state index in [1.807, 2.05) is 25.1 Å². The summed E-state index contributed by atoms with van der Waals surface area (Å²) in [5.74, 6) is 0.305. The van der Waals surface area contributed by atoms with Crippen LogP contribution >= 0.6 is 15.9 Å². The molecule has 19 heavy (non-hydrogen) atoms. The van der Waals surface area contributed by atoms with E-state index >= 15 is 0 Å². The third-order valence-corrected chi connectivity index (χ3v) is 3.30. The number of nitrogens with one attached hydrogen (secondary N) is 1. The number of pyridine rings is 1. The first-order valence-corrected chi connectivity index (χ1v) is 6.45. The molecule has 0 atom stereocenters. The minimum Gasteiger partial charge on any atom is -0.366 e. The normalized spacial score (nSPS) is 10.0. The van der Waals surface area contributed by atoms with Crippen molar-refractivity contribution >= 4 is 21.7 Å². The van der Waals surface area contributed by atoms with Crippen molar-refractivity contribution in [3.05, 3.63) is 57.4 Å². The molecule has 0 radical (unpaired) electrons. The molecular weight excluding hydrogens is 309 g/mol. The second kappa shape index (κ2) is 5.81. The molecule has 1 aromatic heterocycles. The Morgan fingerprint density at radius 1 is 1.37 bits per heavy atom. The molecule has 0 fully saturated rings. The zero-order valence-corrected chi connectivity index (χ0v) is 11.8. The number of nitrogens with zero attached hydrogens (tertiary/aromatic N) is 2. The maximum absolute atomic E-state index is 13.3. The van der Waals surface area contributed by atoms with E-state index in [1.165, 1.54) is 6.07 Å². The number of hydrogen-bond acceptors (Lipinski definition) is 3. The van der Waals surface area contributed by atoms with Crippen LogP contribution in [0.1, 0.15) is 16.8 Å². The number of aromatic nitrogens is 1. The van der Waals surface area contributed by atoms with Crippen molar-refractivity contribution < 1.29 is 4.39 Å². The standard InChI is InChI=1S/C14H11BrFN3/c1-9-2-5-14(19-13(9)7-17)18-8-10-3-4-11(15)12(16)6-10/h2-6H,8H2,1H3,(H,18,19). The van der Waals surface area contributed by atoms with Gasteiger partial charge in [0, 0.05) is 6.54 Å². The van der Waals surface area contributed by atoms with Gasteiger partial charge in [-0.15, -0.1) is 0 Å². The summed E-state index contributed by atoms with van der Waals surface area (Å²) >= 11 is 3.11.